The van der Waals surface area contributed by atoms with Crippen molar-refractivity contribution in [2.24, 2.45) is 4.99 Å². The number of amidine groups is 1. The maximum absolute atomic E-state index is 13.0. The number of carbonyl (C=O) groups excluding carboxylic acids is 1. The van der Waals surface area contributed by atoms with Gasteiger partial charge in [0, 0.05) is 6.54 Å². The highest BCUT2D eigenvalue weighted by atomic mass is 16.3. The lowest BCUT2D eigenvalue weighted by molar-refractivity contribution is 0.0523. The van der Waals surface area contributed by atoms with Crippen molar-refractivity contribution in [3.8, 4) is 0 Å². The van der Waals surface area contributed by atoms with Crippen molar-refractivity contribution in [2.75, 3.05) is 18.0 Å². The van der Waals surface area contributed by atoms with Crippen LogP contribution in [0, 0.1) is 0 Å². The lowest BCUT2D eigenvalue weighted by atomic mass is 9.87. The van der Waals surface area contributed by atoms with Gasteiger partial charge in [-0.15, -0.1) is 0 Å². The molecule has 2 atom stereocenters. The van der Waals surface area contributed by atoms with E-state index in [1.54, 1.807) is 9.80 Å². The molecule has 27 heavy (non-hydrogen) atoms. The fourth-order valence-electron chi connectivity index (χ4n) is 4.13. The number of rotatable bonds is 5. The number of aliphatic imine (C=N–C) groups is 1. The molecule has 3 heterocycles. The number of imidazole rings is 1. The predicted octanol–water partition coefficient (Wildman–Crippen LogP) is 3.31. The molecule has 1 aromatic rings. The Labute approximate surface area is 160 Å². The largest absolute Gasteiger partial charge is 0.390 e. The van der Waals surface area contributed by atoms with E-state index in [0.29, 0.717) is 31.7 Å². The minimum Gasteiger partial charge on any atom is -0.390 e. The summed E-state index contributed by atoms with van der Waals surface area (Å²) in [7, 11) is 0. The number of allylic oxidation sites excluding steroid dienone is 1. The van der Waals surface area contributed by atoms with Crippen LogP contribution < -0.4 is 4.90 Å². The molecule has 7 nitrogen and oxygen atoms in total. The number of fused-ring (bicyclic) bond motifs is 3. The Balaban J connectivity index is 1.73. The Morgan fingerprint density at radius 3 is 2.85 bits per heavy atom. The number of aromatic nitrogens is 2. The first-order valence-electron chi connectivity index (χ1n) is 10.1. The molecule has 2 N–H and O–H groups in total. The molecule has 0 fully saturated rings. The maximum atomic E-state index is 13.0. The second-order valence-electron chi connectivity index (χ2n) is 8.15. The van der Waals surface area contributed by atoms with Gasteiger partial charge in [0.05, 0.1) is 18.2 Å². The Kier molecular flexibility index (Phi) is 4.58. The normalized spacial score (nSPS) is 27.4. The maximum Gasteiger partial charge on any atom is 0.331 e. The number of amides is 2. The highest BCUT2D eigenvalue weighted by Gasteiger charge is 2.42. The van der Waals surface area contributed by atoms with Crippen LogP contribution in [0.15, 0.2) is 11.1 Å². The summed E-state index contributed by atoms with van der Waals surface area (Å²) in [5.41, 5.74) is 1.32. The summed E-state index contributed by atoms with van der Waals surface area (Å²) in [6, 6.07) is 0.152. The van der Waals surface area contributed by atoms with Gasteiger partial charge in [-0.3, -0.25) is 14.8 Å². The summed E-state index contributed by atoms with van der Waals surface area (Å²) in [6.07, 6.45) is 7.08. The van der Waals surface area contributed by atoms with E-state index >= 15 is 0 Å². The summed E-state index contributed by atoms with van der Waals surface area (Å²) < 4.78 is 0. The fraction of sp³-hybridized carbons (Fsp3) is 0.650. The van der Waals surface area contributed by atoms with Crippen molar-refractivity contribution in [1.29, 1.82) is 0 Å². The van der Waals surface area contributed by atoms with E-state index in [2.05, 4.69) is 24.9 Å². The molecule has 1 aliphatic carbocycles. The molecular formula is C20H29N5O2. The van der Waals surface area contributed by atoms with Gasteiger partial charge in [-0.1, -0.05) is 26.3 Å². The smallest absolute Gasteiger partial charge is 0.331 e. The lowest BCUT2D eigenvalue weighted by Crippen LogP contribution is -2.50. The van der Waals surface area contributed by atoms with E-state index in [0.717, 1.165) is 48.6 Å². The number of nitrogens with one attached hydrogen (secondary N) is 1. The van der Waals surface area contributed by atoms with Gasteiger partial charge in [0.15, 0.2) is 11.7 Å². The molecule has 0 saturated carbocycles. The predicted molar refractivity (Wildman–Crippen MR) is 106 cm³/mol. The minimum atomic E-state index is -0.639. The molecular weight excluding hydrogens is 342 g/mol. The number of H-pyrrole nitrogens is 1. The van der Waals surface area contributed by atoms with Crippen LogP contribution in [0.1, 0.15) is 70.8 Å². The summed E-state index contributed by atoms with van der Waals surface area (Å²) >= 11 is 0. The Hall–Kier alpha value is -2.15. The lowest BCUT2D eigenvalue weighted by Gasteiger charge is -2.32. The van der Waals surface area contributed by atoms with Crippen LogP contribution in [0.4, 0.5) is 10.6 Å². The van der Waals surface area contributed by atoms with Crippen LogP contribution >= 0.6 is 0 Å². The molecule has 1 unspecified atom stereocenters. The topological polar surface area (TPSA) is 84.8 Å². The first-order valence-corrected chi connectivity index (χ1v) is 10.1. The molecule has 2 aliphatic heterocycles. The second kappa shape index (κ2) is 6.78. The van der Waals surface area contributed by atoms with Gasteiger partial charge in [-0.25, -0.2) is 9.78 Å². The van der Waals surface area contributed by atoms with Crippen molar-refractivity contribution in [2.45, 2.75) is 70.9 Å². The Morgan fingerprint density at radius 2 is 2.19 bits per heavy atom. The molecule has 0 radical (unpaired) electrons. The SMILES string of the molecule is CCC[C@@H]1CN2C(=O)N(CCC)c3nc(C4=CCC(C)(O)CC4)[nH]c3C2=N1. The quantitative estimate of drug-likeness (QED) is 0.833. The van der Waals surface area contributed by atoms with E-state index in [9.17, 15) is 9.90 Å². The van der Waals surface area contributed by atoms with Crippen molar-refractivity contribution in [1.82, 2.24) is 14.9 Å². The Morgan fingerprint density at radius 1 is 1.37 bits per heavy atom. The summed E-state index contributed by atoms with van der Waals surface area (Å²) in [5.74, 6) is 2.23. The number of aromatic amines is 1. The van der Waals surface area contributed by atoms with Gasteiger partial charge >= 0.3 is 6.03 Å². The first-order chi connectivity index (χ1) is 12.9. The van der Waals surface area contributed by atoms with Gasteiger partial charge in [-0.2, -0.15) is 0 Å². The molecule has 0 saturated heterocycles. The molecule has 3 aliphatic rings. The third kappa shape index (κ3) is 3.18. The zero-order chi connectivity index (χ0) is 19.2. The van der Waals surface area contributed by atoms with Crippen LogP contribution in [0.5, 0.6) is 0 Å². The third-order valence-electron chi connectivity index (χ3n) is 5.67. The molecule has 7 heteroatoms. The minimum absolute atomic E-state index is 0.0136. The van der Waals surface area contributed by atoms with E-state index in [1.807, 2.05) is 6.92 Å². The average molecular weight is 371 g/mol. The van der Waals surface area contributed by atoms with Gasteiger partial charge < -0.3 is 10.1 Å². The number of carbonyl (C=O) groups is 1. The monoisotopic (exact) mass is 371 g/mol. The van der Waals surface area contributed by atoms with Gasteiger partial charge in [-0.05, 0) is 44.6 Å². The first kappa shape index (κ1) is 18.2. The van der Waals surface area contributed by atoms with Gasteiger partial charge in [0.25, 0.3) is 0 Å². The molecule has 0 spiro atoms. The fourth-order valence-corrected chi connectivity index (χ4v) is 4.13. The second-order valence-corrected chi connectivity index (χ2v) is 8.15. The Bertz CT molecular complexity index is 807. The van der Waals surface area contributed by atoms with Crippen molar-refractivity contribution < 1.29 is 9.90 Å². The van der Waals surface area contributed by atoms with Crippen LogP contribution in [0.3, 0.4) is 0 Å². The van der Waals surface area contributed by atoms with E-state index in [-0.39, 0.29) is 12.1 Å². The molecule has 1 aromatic heterocycles. The number of nitrogens with zero attached hydrogens (tertiary/aromatic N) is 4. The van der Waals surface area contributed by atoms with Crippen LogP contribution in [0.25, 0.3) is 5.57 Å². The summed E-state index contributed by atoms with van der Waals surface area (Å²) in [5, 5.41) is 10.2. The summed E-state index contributed by atoms with van der Waals surface area (Å²) in [4.78, 5) is 29.7. The number of anilines is 1. The molecule has 2 amide bonds. The van der Waals surface area contributed by atoms with Gasteiger partial charge in [0.1, 0.15) is 11.5 Å². The average Bonchev–Trinajstić information content (AvgIpc) is 3.23. The number of hydrogen-bond donors (Lipinski definition) is 2. The van der Waals surface area contributed by atoms with Crippen LogP contribution in [0.2, 0.25) is 0 Å². The number of urea groups is 1. The molecule has 0 aromatic carbocycles. The molecule has 146 valence electrons. The zero-order valence-electron chi connectivity index (χ0n) is 16.5. The van der Waals surface area contributed by atoms with E-state index in [4.69, 9.17) is 9.98 Å². The van der Waals surface area contributed by atoms with Crippen LogP contribution in [-0.2, 0) is 0 Å². The zero-order valence-corrected chi connectivity index (χ0v) is 16.5. The third-order valence-corrected chi connectivity index (χ3v) is 5.67. The number of aliphatic hydroxyl groups is 1. The van der Waals surface area contributed by atoms with Crippen molar-refractivity contribution >= 4 is 23.3 Å². The summed E-state index contributed by atoms with van der Waals surface area (Å²) in [6.45, 7) is 7.38. The molecule has 0 bridgehead atoms. The number of hydrogen-bond acceptors (Lipinski definition) is 4. The van der Waals surface area contributed by atoms with Crippen LogP contribution in [-0.4, -0.2) is 56.6 Å². The van der Waals surface area contributed by atoms with Gasteiger partial charge in [0.2, 0.25) is 0 Å². The standard InChI is InChI=1S/C20H29N5O2/c1-4-6-14-12-25-17(21-14)15-18(24(11-5-2)19(25)26)23-16(22-15)13-7-9-20(3,27)10-8-13/h7,14,27H,4-6,8-12H2,1-3H3,(H,22,23)/t14-,20?/m1/s1. The van der Waals surface area contributed by atoms with Crippen molar-refractivity contribution in [3.05, 3.63) is 17.6 Å². The highest BCUT2D eigenvalue weighted by molar-refractivity contribution is 6.18. The van der Waals surface area contributed by atoms with E-state index in [1.165, 1.54) is 0 Å². The highest BCUT2D eigenvalue weighted by Crippen LogP contribution is 2.36. The van der Waals surface area contributed by atoms with E-state index < -0.39 is 5.60 Å². The molecule has 4 rings (SSSR count). The van der Waals surface area contributed by atoms with Crippen molar-refractivity contribution in [3.63, 3.8) is 0 Å².